The molecular formula is C17H22N2. The molecule has 0 aliphatic rings. The summed E-state index contributed by atoms with van der Waals surface area (Å²) in [4.78, 5) is 4.50. The van der Waals surface area contributed by atoms with Crippen LogP contribution in [0.2, 0.25) is 0 Å². The summed E-state index contributed by atoms with van der Waals surface area (Å²) in [5, 5.41) is 3.41. The molecule has 2 nitrogen and oxygen atoms in total. The van der Waals surface area contributed by atoms with Crippen molar-refractivity contribution < 1.29 is 0 Å². The number of aryl methyl sites for hydroxylation is 3. The molecule has 1 N–H and O–H groups in total. The Morgan fingerprint density at radius 2 is 1.79 bits per heavy atom. The van der Waals surface area contributed by atoms with Crippen LogP contribution in [-0.4, -0.2) is 12.0 Å². The van der Waals surface area contributed by atoms with Crippen LogP contribution in [0.4, 0.5) is 0 Å². The minimum Gasteiger partial charge on any atom is -0.313 e. The van der Waals surface area contributed by atoms with Crippen molar-refractivity contribution in [1.82, 2.24) is 10.3 Å². The van der Waals surface area contributed by atoms with Crippen molar-refractivity contribution in [3.8, 4) is 0 Å². The van der Waals surface area contributed by atoms with Crippen LogP contribution in [0.25, 0.3) is 0 Å². The molecule has 0 spiro atoms. The molecule has 0 saturated carbocycles. The fraction of sp³-hybridized carbons (Fsp3) is 0.353. The Hall–Kier alpha value is -1.67. The lowest BCUT2D eigenvalue weighted by molar-refractivity contribution is 0.581. The number of nitrogens with one attached hydrogen (secondary N) is 1. The molecule has 2 heteroatoms. The number of benzene rings is 1. The van der Waals surface area contributed by atoms with Gasteiger partial charge in [-0.05, 0) is 50.6 Å². The number of pyridine rings is 1. The largest absolute Gasteiger partial charge is 0.313 e. The van der Waals surface area contributed by atoms with Gasteiger partial charge in [-0.25, -0.2) is 0 Å². The van der Waals surface area contributed by atoms with Gasteiger partial charge in [0.15, 0.2) is 0 Å². The van der Waals surface area contributed by atoms with Gasteiger partial charge in [-0.3, -0.25) is 4.98 Å². The Bertz CT molecular complexity index is 544. The molecule has 0 aliphatic heterocycles. The fourth-order valence-electron chi connectivity index (χ4n) is 2.33. The first-order valence-corrected chi connectivity index (χ1v) is 6.76. The van der Waals surface area contributed by atoms with Gasteiger partial charge in [-0.1, -0.05) is 29.8 Å². The first-order chi connectivity index (χ1) is 9.10. The van der Waals surface area contributed by atoms with Crippen LogP contribution in [0.3, 0.4) is 0 Å². The highest BCUT2D eigenvalue weighted by atomic mass is 14.9. The van der Waals surface area contributed by atoms with Crippen LogP contribution in [-0.2, 0) is 6.42 Å². The van der Waals surface area contributed by atoms with Crippen molar-refractivity contribution >= 4 is 0 Å². The predicted molar refractivity (Wildman–Crippen MR) is 80.4 cm³/mol. The van der Waals surface area contributed by atoms with Crippen LogP contribution >= 0.6 is 0 Å². The molecule has 1 atom stereocenters. The van der Waals surface area contributed by atoms with Crippen LogP contribution in [0.15, 0.2) is 36.5 Å². The summed E-state index contributed by atoms with van der Waals surface area (Å²) in [5.41, 5.74) is 6.34. The fourth-order valence-corrected chi connectivity index (χ4v) is 2.33. The van der Waals surface area contributed by atoms with Crippen LogP contribution in [0, 0.1) is 20.8 Å². The Labute approximate surface area is 115 Å². The summed E-state index contributed by atoms with van der Waals surface area (Å²) in [5.74, 6) is 0. The molecule has 0 fully saturated rings. The van der Waals surface area contributed by atoms with E-state index >= 15 is 0 Å². The Kier molecular flexibility index (Phi) is 4.33. The van der Waals surface area contributed by atoms with Crippen molar-refractivity contribution in [2.24, 2.45) is 0 Å². The van der Waals surface area contributed by atoms with E-state index in [9.17, 15) is 0 Å². The van der Waals surface area contributed by atoms with Gasteiger partial charge in [-0.15, -0.1) is 0 Å². The minimum absolute atomic E-state index is 0.315. The van der Waals surface area contributed by atoms with Crippen molar-refractivity contribution in [1.29, 1.82) is 0 Å². The summed E-state index contributed by atoms with van der Waals surface area (Å²) in [7, 11) is 2.01. The van der Waals surface area contributed by atoms with Crippen molar-refractivity contribution in [3.63, 3.8) is 0 Å². The number of rotatable bonds is 4. The number of nitrogens with zero attached hydrogens (tertiary/aromatic N) is 1. The van der Waals surface area contributed by atoms with Gasteiger partial charge in [0.2, 0.25) is 0 Å². The third-order valence-electron chi connectivity index (χ3n) is 3.54. The highest BCUT2D eigenvalue weighted by Gasteiger charge is 2.13. The third kappa shape index (κ3) is 3.42. The predicted octanol–water partition coefficient (Wildman–Crippen LogP) is 3.51. The number of hydrogen-bond acceptors (Lipinski definition) is 2. The topological polar surface area (TPSA) is 24.9 Å². The van der Waals surface area contributed by atoms with Crippen molar-refractivity contribution in [2.75, 3.05) is 7.05 Å². The first-order valence-electron chi connectivity index (χ1n) is 6.76. The molecule has 0 bridgehead atoms. The van der Waals surface area contributed by atoms with E-state index in [1.807, 2.05) is 13.2 Å². The summed E-state index contributed by atoms with van der Waals surface area (Å²) in [6, 6.07) is 11.2. The van der Waals surface area contributed by atoms with E-state index in [0.717, 1.165) is 12.1 Å². The van der Waals surface area contributed by atoms with Crippen LogP contribution < -0.4 is 5.32 Å². The summed E-state index contributed by atoms with van der Waals surface area (Å²) in [6.07, 6.45) is 2.85. The van der Waals surface area contributed by atoms with Crippen LogP contribution in [0.5, 0.6) is 0 Å². The quantitative estimate of drug-likeness (QED) is 0.903. The van der Waals surface area contributed by atoms with Gasteiger partial charge in [0.05, 0.1) is 0 Å². The third-order valence-corrected chi connectivity index (χ3v) is 3.54. The van der Waals surface area contributed by atoms with Gasteiger partial charge in [0.25, 0.3) is 0 Å². The van der Waals surface area contributed by atoms with Gasteiger partial charge in [-0.2, -0.15) is 0 Å². The molecule has 0 radical (unpaired) electrons. The van der Waals surface area contributed by atoms with E-state index in [-0.39, 0.29) is 0 Å². The first kappa shape index (κ1) is 13.8. The maximum absolute atomic E-state index is 4.50. The molecular weight excluding hydrogens is 232 g/mol. The lowest BCUT2D eigenvalue weighted by Gasteiger charge is -2.19. The zero-order chi connectivity index (χ0) is 13.8. The average Bonchev–Trinajstić information content (AvgIpc) is 2.41. The molecule has 0 saturated heterocycles. The summed E-state index contributed by atoms with van der Waals surface area (Å²) >= 11 is 0. The molecule has 0 amide bonds. The van der Waals surface area contributed by atoms with Gasteiger partial charge < -0.3 is 5.32 Å². The second-order valence-electron chi connectivity index (χ2n) is 5.23. The van der Waals surface area contributed by atoms with Gasteiger partial charge in [0, 0.05) is 24.4 Å². The summed E-state index contributed by atoms with van der Waals surface area (Å²) in [6.45, 7) is 6.37. The second-order valence-corrected chi connectivity index (χ2v) is 5.23. The highest BCUT2D eigenvalue weighted by Crippen LogP contribution is 2.22. The Morgan fingerprint density at radius 1 is 1.05 bits per heavy atom. The highest BCUT2D eigenvalue weighted by molar-refractivity contribution is 5.33. The normalized spacial score (nSPS) is 12.4. The number of hydrogen-bond donors (Lipinski definition) is 1. The van der Waals surface area contributed by atoms with Crippen molar-refractivity contribution in [2.45, 2.75) is 33.2 Å². The second kappa shape index (κ2) is 5.98. The SMILES string of the molecule is CNC(Cc1ccc(C)cn1)c1cc(C)ccc1C. The minimum atomic E-state index is 0.315. The van der Waals surface area contributed by atoms with E-state index in [2.05, 4.69) is 61.4 Å². The maximum atomic E-state index is 4.50. The molecule has 2 aromatic rings. The Morgan fingerprint density at radius 3 is 2.42 bits per heavy atom. The molecule has 0 aliphatic carbocycles. The van der Waals surface area contributed by atoms with E-state index in [4.69, 9.17) is 0 Å². The molecule has 100 valence electrons. The molecule has 1 unspecified atom stereocenters. The standard InChI is InChI=1S/C17H22N2/c1-12-5-7-14(3)16(9-12)17(18-4)10-15-8-6-13(2)11-19-15/h5-9,11,17-18H,10H2,1-4H3. The molecule has 2 rings (SSSR count). The van der Waals surface area contributed by atoms with Gasteiger partial charge in [0.1, 0.15) is 0 Å². The monoisotopic (exact) mass is 254 g/mol. The molecule has 1 aromatic heterocycles. The average molecular weight is 254 g/mol. The zero-order valence-corrected chi connectivity index (χ0v) is 12.2. The van der Waals surface area contributed by atoms with Gasteiger partial charge >= 0.3 is 0 Å². The van der Waals surface area contributed by atoms with E-state index in [1.54, 1.807) is 0 Å². The lowest BCUT2D eigenvalue weighted by Crippen LogP contribution is -2.20. The lowest BCUT2D eigenvalue weighted by atomic mass is 9.95. The Balaban J connectivity index is 2.24. The van der Waals surface area contributed by atoms with E-state index in [1.165, 1.54) is 22.3 Å². The number of likely N-dealkylation sites (N-methyl/N-ethyl adjacent to an activating group) is 1. The molecule has 1 heterocycles. The number of aromatic nitrogens is 1. The van der Waals surface area contributed by atoms with E-state index < -0.39 is 0 Å². The van der Waals surface area contributed by atoms with E-state index in [0.29, 0.717) is 6.04 Å². The maximum Gasteiger partial charge on any atom is 0.0422 e. The molecule has 19 heavy (non-hydrogen) atoms. The smallest absolute Gasteiger partial charge is 0.0422 e. The molecule has 1 aromatic carbocycles. The van der Waals surface area contributed by atoms with Crippen LogP contribution in [0.1, 0.15) is 34.0 Å². The van der Waals surface area contributed by atoms with Crippen molar-refractivity contribution in [3.05, 3.63) is 64.5 Å². The zero-order valence-electron chi connectivity index (χ0n) is 12.2. The summed E-state index contributed by atoms with van der Waals surface area (Å²) < 4.78 is 0.